The first-order valence-corrected chi connectivity index (χ1v) is 13.3. The zero-order chi connectivity index (χ0) is 30.4. The van der Waals surface area contributed by atoms with Gasteiger partial charge in [0.15, 0.2) is 0 Å². The Morgan fingerprint density at radius 1 is 1.00 bits per heavy atom. The summed E-state index contributed by atoms with van der Waals surface area (Å²) in [6.07, 6.45) is -8.35. The molecule has 5 rings (SSSR count). The maximum absolute atomic E-state index is 13.8. The van der Waals surface area contributed by atoms with Gasteiger partial charge in [-0.15, -0.1) is 0 Å². The van der Waals surface area contributed by atoms with Crippen LogP contribution < -0.4 is 15.4 Å². The van der Waals surface area contributed by atoms with Crippen LogP contribution in [-0.2, 0) is 15.7 Å². The maximum Gasteiger partial charge on any atom is 0.419 e. The number of methoxy groups -OCH3 is 1. The highest BCUT2D eigenvalue weighted by molar-refractivity contribution is 5.99. The van der Waals surface area contributed by atoms with Crippen molar-refractivity contribution in [2.45, 2.75) is 43.6 Å². The van der Waals surface area contributed by atoms with Crippen molar-refractivity contribution in [2.24, 2.45) is 17.8 Å². The third-order valence-corrected chi connectivity index (χ3v) is 8.24. The number of carbonyl (C=O) groups excluding carboxylic acids is 2. The number of amides is 2. The van der Waals surface area contributed by atoms with E-state index >= 15 is 0 Å². The van der Waals surface area contributed by atoms with Crippen molar-refractivity contribution in [1.29, 1.82) is 0 Å². The van der Waals surface area contributed by atoms with E-state index in [0.29, 0.717) is 25.3 Å². The molecular formula is C29H27F7N2O4. The van der Waals surface area contributed by atoms with Crippen LogP contribution in [0.15, 0.2) is 48.0 Å². The van der Waals surface area contributed by atoms with Crippen molar-refractivity contribution in [3.63, 3.8) is 0 Å². The van der Waals surface area contributed by atoms with Gasteiger partial charge in [-0.1, -0.05) is 11.6 Å². The predicted molar refractivity (Wildman–Crippen MR) is 136 cm³/mol. The average molecular weight is 601 g/mol. The second-order valence-electron chi connectivity index (χ2n) is 10.7. The van der Waals surface area contributed by atoms with Crippen molar-refractivity contribution in [3.8, 4) is 5.75 Å². The monoisotopic (exact) mass is 600 g/mol. The summed E-state index contributed by atoms with van der Waals surface area (Å²) >= 11 is 0. The molecule has 13 heteroatoms. The van der Waals surface area contributed by atoms with Crippen molar-refractivity contribution >= 4 is 17.5 Å². The quantitative estimate of drug-likeness (QED) is 0.304. The minimum atomic E-state index is -5.03. The molecule has 1 heterocycles. The van der Waals surface area contributed by atoms with Gasteiger partial charge in [0.25, 0.3) is 5.91 Å². The van der Waals surface area contributed by atoms with Crippen LogP contribution in [0.1, 0.15) is 46.7 Å². The smallest absolute Gasteiger partial charge is 0.419 e. The van der Waals surface area contributed by atoms with Gasteiger partial charge in [-0.25, -0.2) is 4.39 Å². The van der Waals surface area contributed by atoms with Gasteiger partial charge in [-0.2, -0.15) is 26.3 Å². The fraction of sp³-hybridized carbons (Fsp3) is 0.448. The molecule has 2 N–H and O–H groups in total. The van der Waals surface area contributed by atoms with Crippen LogP contribution in [-0.4, -0.2) is 44.4 Å². The zero-order valence-electron chi connectivity index (χ0n) is 22.2. The Morgan fingerprint density at radius 2 is 1.74 bits per heavy atom. The van der Waals surface area contributed by atoms with Crippen LogP contribution >= 0.6 is 0 Å². The highest BCUT2D eigenvalue weighted by atomic mass is 19.4. The number of nitrogens with one attached hydrogen (secondary N) is 2. The SMILES string of the molecule is COc1ccc(C2CCOC2)cc1C(=O)NC1C2CCC(C2=CC(F)(F)F)C1C(=O)Nc1ccc(F)c(C(F)(F)F)c1. The lowest BCUT2D eigenvalue weighted by Crippen LogP contribution is -2.48. The average Bonchev–Trinajstić information content (AvgIpc) is 3.64. The summed E-state index contributed by atoms with van der Waals surface area (Å²) in [5, 5.41) is 5.04. The molecule has 0 spiro atoms. The Hall–Kier alpha value is -3.61. The highest BCUT2D eigenvalue weighted by Crippen LogP contribution is 2.54. The van der Waals surface area contributed by atoms with Gasteiger partial charge < -0.3 is 20.1 Å². The molecular weight excluding hydrogens is 573 g/mol. The summed E-state index contributed by atoms with van der Waals surface area (Å²) in [6.45, 7) is 1.03. The molecule has 2 amide bonds. The summed E-state index contributed by atoms with van der Waals surface area (Å²) in [5.41, 5.74) is -1.09. The number of ether oxygens (including phenoxy) is 2. The van der Waals surface area contributed by atoms with Gasteiger partial charge in [0.1, 0.15) is 11.6 Å². The minimum absolute atomic E-state index is 0.0436. The van der Waals surface area contributed by atoms with E-state index in [9.17, 15) is 40.3 Å². The topological polar surface area (TPSA) is 76.7 Å². The van der Waals surface area contributed by atoms with E-state index in [1.807, 2.05) is 0 Å². The van der Waals surface area contributed by atoms with Crippen molar-refractivity contribution in [2.75, 3.05) is 25.6 Å². The number of carbonyl (C=O) groups is 2. The number of halogens is 7. The Bertz CT molecular complexity index is 1400. The lowest BCUT2D eigenvalue weighted by Gasteiger charge is -2.30. The van der Waals surface area contributed by atoms with Gasteiger partial charge in [-0.3, -0.25) is 9.59 Å². The molecule has 226 valence electrons. The number of benzene rings is 2. The Balaban J connectivity index is 1.46. The van der Waals surface area contributed by atoms with Gasteiger partial charge in [0.2, 0.25) is 5.91 Å². The number of allylic oxidation sites excluding steroid dienone is 1. The van der Waals surface area contributed by atoms with Crippen LogP contribution in [0, 0.1) is 23.6 Å². The maximum atomic E-state index is 13.8. The van der Waals surface area contributed by atoms with E-state index in [-0.39, 0.29) is 47.4 Å². The first kappa shape index (κ1) is 29.9. The third-order valence-electron chi connectivity index (χ3n) is 8.24. The molecule has 3 aliphatic rings. The van der Waals surface area contributed by atoms with E-state index in [0.717, 1.165) is 18.1 Å². The molecule has 0 aromatic heterocycles. The Morgan fingerprint density at radius 3 is 2.38 bits per heavy atom. The van der Waals surface area contributed by atoms with Crippen LogP contribution in [0.4, 0.5) is 36.4 Å². The molecule has 1 saturated heterocycles. The van der Waals surface area contributed by atoms with Gasteiger partial charge in [-0.05, 0) is 61.1 Å². The first-order valence-electron chi connectivity index (χ1n) is 13.3. The lowest BCUT2D eigenvalue weighted by molar-refractivity contribution is -0.140. The predicted octanol–water partition coefficient (Wildman–Crippen LogP) is 6.24. The fourth-order valence-electron chi connectivity index (χ4n) is 6.41. The minimum Gasteiger partial charge on any atom is -0.496 e. The summed E-state index contributed by atoms with van der Waals surface area (Å²) in [7, 11) is 1.36. The van der Waals surface area contributed by atoms with Crippen LogP contribution in [0.25, 0.3) is 0 Å². The summed E-state index contributed by atoms with van der Waals surface area (Å²) < 4.78 is 105. The second-order valence-corrected chi connectivity index (χ2v) is 10.7. The molecule has 6 nitrogen and oxygen atoms in total. The largest absolute Gasteiger partial charge is 0.496 e. The first-order chi connectivity index (χ1) is 19.8. The van der Waals surface area contributed by atoms with Crippen LogP contribution in [0.3, 0.4) is 0 Å². The molecule has 2 aromatic carbocycles. The van der Waals surface area contributed by atoms with E-state index in [2.05, 4.69) is 10.6 Å². The van der Waals surface area contributed by atoms with Crippen molar-refractivity contribution in [3.05, 3.63) is 70.6 Å². The third kappa shape index (κ3) is 5.97. The molecule has 1 aliphatic heterocycles. The summed E-state index contributed by atoms with van der Waals surface area (Å²) in [5.74, 6) is -5.79. The normalized spacial score (nSPS) is 26.5. The zero-order valence-corrected chi connectivity index (χ0v) is 22.2. The molecule has 2 saturated carbocycles. The van der Waals surface area contributed by atoms with Gasteiger partial charge in [0, 0.05) is 36.2 Å². The molecule has 2 aromatic rings. The van der Waals surface area contributed by atoms with Crippen LogP contribution in [0.2, 0.25) is 0 Å². The number of anilines is 1. The molecule has 2 aliphatic carbocycles. The van der Waals surface area contributed by atoms with E-state index in [1.54, 1.807) is 18.2 Å². The van der Waals surface area contributed by atoms with E-state index in [4.69, 9.17) is 9.47 Å². The van der Waals surface area contributed by atoms with E-state index in [1.165, 1.54) is 7.11 Å². The van der Waals surface area contributed by atoms with Crippen LogP contribution in [0.5, 0.6) is 5.75 Å². The molecule has 42 heavy (non-hydrogen) atoms. The second kappa shape index (κ2) is 11.2. The summed E-state index contributed by atoms with van der Waals surface area (Å²) in [6, 6.07) is 5.83. The number of hydrogen-bond donors (Lipinski definition) is 2. The summed E-state index contributed by atoms with van der Waals surface area (Å²) in [4.78, 5) is 27.0. The molecule has 2 bridgehead atoms. The lowest BCUT2D eigenvalue weighted by atomic mass is 9.83. The molecule has 5 unspecified atom stereocenters. The number of rotatable bonds is 6. The van der Waals surface area contributed by atoms with Gasteiger partial charge in [0.05, 0.1) is 30.8 Å². The fourth-order valence-corrected chi connectivity index (χ4v) is 6.41. The van der Waals surface area contributed by atoms with Crippen molar-refractivity contribution < 1.29 is 49.8 Å². The Kier molecular flexibility index (Phi) is 7.99. The van der Waals surface area contributed by atoms with E-state index < -0.39 is 59.3 Å². The molecule has 3 fully saturated rings. The number of hydrogen-bond acceptors (Lipinski definition) is 4. The number of fused-ring (bicyclic) bond motifs is 2. The Labute approximate surface area is 236 Å². The number of alkyl halides is 6. The highest BCUT2D eigenvalue weighted by Gasteiger charge is 2.55. The van der Waals surface area contributed by atoms with Gasteiger partial charge >= 0.3 is 12.4 Å². The molecule has 5 atom stereocenters. The molecule has 0 radical (unpaired) electrons. The standard InChI is InChI=1S/C29H27F7N2O4/c1-41-23-7-2-14(15-8-9-42-13-15)10-19(23)26(39)38-25-18-5-4-17(20(18)12-28(31,32)33)24(25)27(40)37-16-3-6-22(30)21(11-16)29(34,35)36/h2-3,6-7,10-12,15,17-18,24-25H,4-5,8-9,13H2,1H3,(H,37,40)(H,38,39). The van der Waals surface area contributed by atoms with Crippen molar-refractivity contribution in [1.82, 2.24) is 5.32 Å².